The van der Waals surface area contributed by atoms with Gasteiger partial charge >= 0.3 is 0 Å². The molecule has 3 rings (SSSR count). The summed E-state index contributed by atoms with van der Waals surface area (Å²) in [6.45, 7) is 5.55. The number of hydrogen-bond donors (Lipinski definition) is 1. The molecule has 18 heavy (non-hydrogen) atoms. The van der Waals surface area contributed by atoms with Crippen LogP contribution in [0.4, 0.5) is 0 Å². The van der Waals surface area contributed by atoms with Crippen LogP contribution in [0.3, 0.4) is 0 Å². The molecule has 2 aromatic rings. The van der Waals surface area contributed by atoms with Gasteiger partial charge in [-0.05, 0) is 51.4 Å². The smallest absolute Gasteiger partial charge is 0.127 e. The van der Waals surface area contributed by atoms with Gasteiger partial charge in [-0.3, -0.25) is 0 Å². The minimum Gasteiger partial charge on any atom is -0.324 e. The topological polar surface area (TPSA) is 29.9 Å². The molecule has 1 atom stereocenters. The first kappa shape index (κ1) is 12.2. The van der Waals surface area contributed by atoms with E-state index in [4.69, 9.17) is 4.98 Å². The number of fused-ring (bicyclic) bond motifs is 1. The minimum absolute atomic E-state index is 0.415. The van der Waals surface area contributed by atoms with E-state index in [1.54, 1.807) is 0 Å². The Kier molecular flexibility index (Phi) is 3.16. The van der Waals surface area contributed by atoms with Crippen molar-refractivity contribution in [2.75, 3.05) is 6.54 Å². The molecule has 96 valence electrons. The van der Waals surface area contributed by atoms with Crippen LogP contribution < -0.4 is 5.32 Å². The molecule has 1 saturated heterocycles. The maximum Gasteiger partial charge on any atom is 0.127 e. The van der Waals surface area contributed by atoms with Gasteiger partial charge in [0.15, 0.2) is 0 Å². The van der Waals surface area contributed by atoms with Crippen molar-refractivity contribution in [3.05, 3.63) is 28.5 Å². The molecule has 1 aliphatic rings. The van der Waals surface area contributed by atoms with Crippen molar-refractivity contribution in [1.29, 1.82) is 0 Å². The second-order valence-corrected chi connectivity index (χ2v) is 6.13. The summed E-state index contributed by atoms with van der Waals surface area (Å²) in [7, 11) is 0. The highest BCUT2D eigenvalue weighted by molar-refractivity contribution is 9.10. The van der Waals surface area contributed by atoms with Crippen molar-refractivity contribution in [1.82, 2.24) is 14.9 Å². The van der Waals surface area contributed by atoms with Gasteiger partial charge in [0.2, 0.25) is 0 Å². The molecule has 3 nitrogen and oxygen atoms in total. The normalized spacial score (nSPS) is 20.1. The van der Waals surface area contributed by atoms with Crippen molar-refractivity contribution < 1.29 is 0 Å². The summed E-state index contributed by atoms with van der Waals surface area (Å²) >= 11 is 3.52. The van der Waals surface area contributed by atoms with Crippen LogP contribution in [-0.4, -0.2) is 16.1 Å². The largest absolute Gasteiger partial charge is 0.324 e. The molecule has 1 fully saturated rings. The van der Waals surface area contributed by atoms with Gasteiger partial charge in [0.25, 0.3) is 0 Å². The van der Waals surface area contributed by atoms with E-state index in [0.29, 0.717) is 12.1 Å². The highest BCUT2D eigenvalue weighted by Crippen LogP contribution is 2.30. The van der Waals surface area contributed by atoms with Crippen LogP contribution in [-0.2, 0) is 0 Å². The van der Waals surface area contributed by atoms with E-state index in [-0.39, 0.29) is 0 Å². The summed E-state index contributed by atoms with van der Waals surface area (Å²) in [5.41, 5.74) is 2.32. The van der Waals surface area contributed by atoms with Gasteiger partial charge in [0.1, 0.15) is 5.82 Å². The molecule has 1 aromatic heterocycles. The Hall–Kier alpha value is -0.870. The van der Waals surface area contributed by atoms with E-state index < -0.39 is 0 Å². The fourth-order valence-corrected chi connectivity index (χ4v) is 3.13. The number of benzene rings is 1. The molecular weight excluding hydrogens is 290 g/mol. The van der Waals surface area contributed by atoms with Crippen molar-refractivity contribution in [2.45, 2.75) is 38.8 Å². The predicted octanol–water partition coefficient (Wildman–Crippen LogP) is 3.80. The first-order valence-electron chi connectivity index (χ1n) is 6.57. The van der Waals surface area contributed by atoms with Crippen molar-refractivity contribution in [2.24, 2.45) is 0 Å². The summed E-state index contributed by atoms with van der Waals surface area (Å²) in [6, 6.07) is 7.21. The molecule has 1 aliphatic heterocycles. The number of halogens is 1. The average molecular weight is 308 g/mol. The second-order valence-electron chi connectivity index (χ2n) is 5.22. The number of aromatic nitrogens is 2. The molecule has 2 heterocycles. The molecule has 0 radical (unpaired) electrons. The Bertz CT molecular complexity index is 568. The maximum absolute atomic E-state index is 4.85. The van der Waals surface area contributed by atoms with Gasteiger partial charge in [-0.1, -0.05) is 15.9 Å². The molecule has 4 heteroatoms. The summed E-state index contributed by atoms with van der Waals surface area (Å²) in [5, 5.41) is 3.55. The lowest BCUT2D eigenvalue weighted by Gasteiger charge is -2.17. The molecule has 1 unspecified atom stereocenters. The van der Waals surface area contributed by atoms with Gasteiger partial charge < -0.3 is 9.88 Å². The predicted molar refractivity (Wildman–Crippen MR) is 77.8 cm³/mol. The average Bonchev–Trinajstić information content (AvgIpc) is 2.93. The second kappa shape index (κ2) is 4.67. The lowest BCUT2D eigenvalue weighted by Crippen LogP contribution is -2.19. The van der Waals surface area contributed by atoms with Crippen LogP contribution in [0.1, 0.15) is 44.6 Å². The summed E-state index contributed by atoms with van der Waals surface area (Å²) in [5.74, 6) is 1.19. The fraction of sp³-hybridized carbons (Fsp3) is 0.500. The number of rotatable bonds is 2. The van der Waals surface area contributed by atoms with Crippen molar-refractivity contribution in [3.8, 4) is 0 Å². The Morgan fingerprint density at radius 1 is 1.44 bits per heavy atom. The van der Waals surface area contributed by atoms with E-state index in [2.05, 4.69) is 57.9 Å². The highest BCUT2D eigenvalue weighted by atomic mass is 79.9. The van der Waals surface area contributed by atoms with E-state index in [1.165, 1.54) is 24.2 Å². The molecule has 0 saturated carbocycles. The highest BCUT2D eigenvalue weighted by Gasteiger charge is 2.24. The summed E-state index contributed by atoms with van der Waals surface area (Å²) < 4.78 is 3.46. The van der Waals surface area contributed by atoms with Crippen LogP contribution >= 0.6 is 15.9 Å². The SMILES string of the molecule is CC(C)n1c(C2CCCN2)nc2cc(Br)ccc21. The molecule has 0 spiro atoms. The van der Waals surface area contributed by atoms with Crippen molar-refractivity contribution >= 4 is 27.0 Å². The Morgan fingerprint density at radius 3 is 2.94 bits per heavy atom. The third-order valence-corrected chi connectivity index (χ3v) is 4.06. The number of imidazole rings is 1. The molecule has 1 N–H and O–H groups in total. The van der Waals surface area contributed by atoms with Gasteiger partial charge in [-0.2, -0.15) is 0 Å². The summed E-state index contributed by atoms with van der Waals surface area (Å²) in [6.07, 6.45) is 2.44. The Labute approximate surface area is 116 Å². The quantitative estimate of drug-likeness (QED) is 0.914. The van der Waals surface area contributed by atoms with Gasteiger partial charge in [-0.15, -0.1) is 0 Å². The zero-order chi connectivity index (χ0) is 12.7. The fourth-order valence-electron chi connectivity index (χ4n) is 2.78. The molecule has 0 amide bonds. The zero-order valence-corrected chi connectivity index (χ0v) is 12.4. The summed E-state index contributed by atoms with van der Waals surface area (Å²) in [4.78, 5) is 4.85. The van der Waals surface area contributed by atoms with Gasteiger partial charge in [-0.25, -0.2) is 4.98 Å². The Balaban J connectivity index is 2.19. The standard InChI is InChI=1S/C14H18BrN3/c1-9(2)18-13-6-5-10(15)8-12(13)17-14(18)11-4-3-7-16-11/h5-6,8-9,11,16H,3-4,7H2,1-2H3. The number of nitrogens with zero attached hydrogens (tertiary/aromatic N) is 2. The Morgan fingerprint density at radius 2 is 2.28 bits per heavy atom. The maximum atomic E-state index is 4.85. The van der Waals surface area contributed by atoms with Gasteiger partial charge in [0, 0.05) is 10.5 Å². The molecule has 0 bridgehead atoms. The first-order valence-corrected chi connectivity index (χ1v) is 7.37. The van der Waals surface area contributed by atoms with Crippen LogP contribution in [0.15, 0.2) is 22.7 Å². The first-order chi connectivity index (χ1) is 8.66. The lowest BCUT2D eigenvalue weighted by molar-refractivity contribution is 0.517. The van der Waals surface area contributed by atoms with Crippen LogP contribution in [0.5, 0.6) is 0 Å². The zero-order valence-electron chi connectivity index (χ0n) is 10.8. The van der Waals surface area contributed by atoms with Crippen LogP contribution in [0, 0.1) is 0 Å². The van der Waals surface area contributed by atoms with E-state index in [0.717, 1.165) is 16.5 Å². The number of nitrogens with one attached hydrogen (secondary N) is 1. The van der Waals surface area contributed by atoms with Crippen LogP contribution in [0.2, 0.25) is 0 Å². The third-order valence-electron chi connectivity index (χ3n) is 3.57. The molecule has 1 aromatic carbocycles. The minimum atomic E-state index is 0.415. The lowest BCUT2D eigenvalue weighted by atomic mass is 10.2. The van der Waals surface area contributed by atoms with E-state index in [1.807, 2.05) is 0 Å². The van der Waals surface area contributed by atoms with E-state index >= 15 is 0 Å². The molecular formula is C14H18BrN3. The molecule has 0 aliphatic carbocycles. The van der Waals surface area contributed by atoms with E-state index in [9.17, 15) is 0 Å². The van der Waals surface area contributed by atoms with Crippen LogP contribution in [0.25, 0.3) is 11.0 Å². The number of hydrogen-bond acceptors (Lipinski definition) is 2. The monoisotopic (exact) mass is 307 g/mol. The van der Waals surface area contributed by atoms with Gasteiger partial charge in [0.05, 0.1) is 17.1 Å². The third kappa shape index (κ3) is 1.97. The van der Waals surface area contributed by atoms with Crippen molar-refractivity contribution in [3.63, 3.8) is 0 Å².